The summed E-state index contributed by atoms with van der Waals surface area (Å²) >= 11 is 1.93. The van der Waals surface area contributed by atoms with Gasteiger partial charge in [0.15, 0.2) is 0 Å². The first-order valence-corrected chi connectivity index (χ1v) is 6.91. The van der Waals surface area contributed by atoms with E-state index in [1.807, 2.05) is 22.6 Å². The van der Waals surface area contributed by atoms with E-state index in [1.165, 1.54) is 12.1 Å². The van der Waals surface area contributed by atoms with Crippen molar-refractivity contribution in [2.24, 2.45) is 0 Å². The molecule has 1 rings (SSSR count). The van der Waals surface area contributed by atoms with Crippen molar-refractivity contribution in [1.82, 2.24) is 5.32 Å². The third-order valence-electron chi connectivity index (χ3n) is 2.38. The monoisotopic (exact) mass is 416 g/mol. The summed E-state index contributed by atoms with van der Waals surface area (Å²) in [6.07, 6.45) is -5.49. The van der Waals surface area contributed by atoms with Crippen LogP contribution < -0.4 is 10.6 Å². The Morgan fingerprint density at radius 1 is 1.29 bits per heavy atom. The van der Waals surface area contributed by atoms with E-state index in [1.54, 1.807) is 6.07 Å². The Morgan fingerprint density at radius 2 is 1.95 bits per heavy atom. The Balaban J connectivity index is 2.54. The minimum atomic E-state index is -4.26. The molecule has 3 N–H and O–H groups in total. The Bertz CT molecular complexity index is 535. The summed E-state index contributed by atoms with van der Waals surface area (Å²) in [6, 6.07) is 3.65. The minimum Gasteiger partial charge on any atom is -0.478 e. The minimum absolute atomic E-state index is 0.0798. The molecule has 0 saturated carbocycles. The van der Waals surface area contributed by atoms with Gasteiger partial charge >= 0.3 is 18.2 Å². The summed E-state index contributed by atoms with van der Waals surface area (Å²) in [5, 5.41) is 13.5. The molecule has 2 amide bonds. The van der Waals surface area contributed by atoms with Crippen molar-refractivity contribution in [3.63, 3.8) is 0 Å². The second-order valence-electron chi connectivity index (χ2n) is 4.09. The van der Waals surface area contributed by atoms with E-state index < -0.39 is 24.6 Å². The molecule has 1 aromatic rings. The van der Waals surface area contributed by atoms with Crippen LogP contribution in [-0.4, -0.2) is 29.8 Å². The van der Waals surface area contributed by atoms with Crippen molar-refractivity contribution < 1.29 is 27.9 Å². The van der Waals surface area contributed by atoms with Crippen LogP contribution in [0.1, 0.15) is 23.2 Å². The maximum absolute atomic E-state index is 11.9. The van der Waals surface area contributed by atoms with Crippen LogP contribution >= 0.6 is 22.6 Å². The van der Waals surface area contributed by atoms with E-state index in [-0.39, 0.29) is 24.2 Å². The van der Waals surface area contributed by atoms with Crippen LogP contribution in [0.2, 0.25) is 0 Å². The zero-order valence-corrected chi connectivity index (χ0v) is 12.8. The standard InChI is InChI=1S/C12H12F3IN2O3/c13-12(14,15)4-1-5-17-11(21)18-9-3-2-7(16)6-8(9)10(19)20/h2-3,6H,1,4-5H2,(H,19,20)(H2,17,18,21). The van der Waals surface area contributed by atoms with E-state index in [9.17, 15) is 22.8 Å². The van der Waals surface area contributed by atoms with Gasteiger partial charge in [0.25, 0.3) is 0 Å². The molecule has 0 radical (unpaired) electrons. The number of halogens is 4. The number of nitrogens with one attached hydrogen (secondary N) is 2. The Kier molecular flexibility index (Phi) is 6.24. The molecule has 0 unspecified atom stereocenters. The van der Waals surface area contributed by atoms with Crippen LogP contribution in [0.15, 0.2) is 18.2 Å². The fourth-order valence-electron chi connectivity index (χ4n) is 1.46. The van der Waals surface area contributed by atoms with Crippen molar-refractivity contribution in [2.75, 3.05) is 11.9 Å². The predicted octanol–water partition coefficient (Wildman–Crippen LogP) is 3.45. The summed E-state index contributed by atoms with van der Waals surface area (Å²) in [7, 11) is 0. The molecule has 0 fully saturated rings. The number of hydrogen-bond acceptors (Lipinski definition) is 2. The Labute approximate surface area is 132 Å². The number of benzene rings is 1. The molecule has 21 heavy (non-hydrogen) atoms. The number of carbonyl (C=O) groups is 2. The van der Waals surface area contributed by atoms with E-state index in [0.717, 1.165) is 0 Å². The first-order valence-electron chi connectivity index (χ1n) is 5.83. The molecule has 0 saturated heterocycles. The second kappa shape index (κ2) is 7.48. The van der Waals surface area contributed by atoms with Gasteiger partial charge in [0, 0.05) is 16.5 Å². The number of hydrogen-bond donors (Lipinski definition) is 3. The maximum atomic E-state index is 11.9. The molecule has 0 spiro atoms. The number of amides is 2. The smallest absolute Gasteiger partial charge is 0.389 e. The number of carbonyl (C=O) groups excluding carboxylic acids is 1. The second-order valence-corrected chi connectivity index (χ2v) is 5.34. The summed E-state index contributed by atoms with van der Waals surface area (Å²) < 4.78 is 36.4. The lowest BCUT2D eigenvalue weighted by Crippen LogP contribution is -2.30. The van der Waals surface area contributed by atoms with Gasteiger partial charge in [-0.2, -0.15) is 13.2 Å². The van der Waals surface area contributed by atoms with Crippen molar-refractivity contribution in [1.29, 1.82) is 0 Å². The van der Waals surface area contributed by atoms with Gasteiger partial charge in [-0.05, 0) is 47.2 Å². The molecule has 116 valence electrons. The third kappa shape index (κ3) is 6.65. The summed E-state index contributed by atoms with van der Waals surface area (Å²) in [5.41, 5.74) is -0.0106. The fraction of sp³-hybridized carbons (Fsp3) is 0.333. The fourth-order valence-corrected chi connectivity index (χ4v) is 1.95. The van der Waals surface area contributed by atoms with Gasteiger partial charge in [0.05, 0.1) is 11.3 Å². The molecule has 5 nitrogen and oxygen atoms in total. The summed E-state index contributed by atoms with van der Waals surface area (Å²) in [4.78, 5) is 22.5. The highest BCUT2D eigenvalue weighted by atomic mass is 127. The molecule has 0 heterocycles. The number of anilines is 1. The van der Waals surface area contributed by atoms with Crippen LogP contribution in [0.4, 0.5) is 23.7 Å². The number of alkyl halides is 3. The summed E-state index contributed by atoms with van der Waals surface area (Å²) in [6.45, 7) is -0.155. The zero-order chi connectivity index (χ0) is 16.0. The third-order valence-corrected chi connectivity index (χ3v) is 3.05. The van der Waals surface area contributed by atoms with Gasteiger partial charge in [0.1, 0.15) is 0 Å². The molecule has 1 aromatic carbocycles. The molecule has 0 aliphatic carbocycles. The van der Waals surface area contributed by atoms with Gasteiger partial charge in [-0.15, -0.1) is 0 Å². The maximum Gasteiger partial charge on any atom is 0.389 e. The number of aromatic carboxylic acids is 1. The highest BCUT2D eigenvalue weighted by Crippen LogP contribution is 2.21. The highest BCUT2D eigenvalue weighted by molar-refractivity contribution is 14.1. The lowest BCUT2D eigenvalue weighted by atomic mass is 10.2. The quantitative estimate of drug-likeness (QED) is 0.509. The van der Waals surface area contributed by atoms with Crippen LogP contribution in [0.3, 0.4) is 0 Å². The lowest BCUT2D eigenvalue weighted by Gasteiger charge is -2.11. The van der Waals surface area contributed by atoms with Gasteiger partial charge in [-0.25, -0.2) is 9.59 Å². The number of carboxylic acid groups (broad SMARTS) is 1. The number of urea groups is 1. The van der Waals surface area contributed by atoms with Crippen LogP contribution in [0, 0.1) is 3.57 Å². The molecule has 9 heteroatoms. The van der Waals surface area contributed by atoms with Gasteiger partial charge in [-0.3, -0.25) is 0 Å². The SMILES string of the molecule is O=C(NCCCC(F)(F)F)Nc1ccc(I)cc1C(=O)O. The van der Waals surface area contributed by atoms with Crippen molar-refractivity contribution in [3.05, 3.63) is 27.3 Å². The topological polar surface area (TPSA) is 78.4 Å². The molecule has 0 bridgehead atoms. The van der Waals surface area contributed by atoms with Crippen molar-refractivity contribution >= 4 is 40.3 Å². The van der Waals surface area contributed by atoms with Crippen LogP contribution in [-0.2, 0) is 0 Å². The van der Waals surface area contributed by atoms with Crippen molar-refractivity contribution in [2.45, 2.75) is 19.0 Å². The van der Waals surface area contributed by atoms with Crippen molar-refractivity contribution in [3.8, 4) is 0 Å². The largest absolute Gasteiger partial charge is 0.478 e. The average molecular weight is 416 g/mol. The Morgan fingerprint density at radius 3 is 2.52 bits per heavy atom. The number of carboxylic acids is 1. The molecular formula is C12H12F3IN2O3. The van der Waals surface area contributed by atoms with E-state index in [2.05, 4.69) is 10.6 Å². The Hall–Kier alpha value is -1.52. The first-order chi connectivity index (χ1) is 9.69. The highest BCUT2D eigenvalue weighted by Gasteiger charge is 2.26. The first kappa shape index (κ1) is 17.5. The molecule has 0 aliphatic rings. The van der Waals surface area contributed by atoms with E-state index >= 15 is 0 Å². The van der Waals surface area contributed by atoms with Crippen LogP contribution in [0.5, 0.6) is 0 Å². The normalized spacial score (nSPS) is 11.0. The van der Waals surface area contributed by atoms with Crippen LogP contribution in [0.25, 0.3) is 0 Å². The average Bonchev–Trinajstić information content (AvgIpc) is 2.35. The zero-order valence-electron chi connectivity index (χ0n) is 10.6. The molecular weight excluding hydrogens is 404 g/mol. The van der Waals surface area contributed by atoms with Gasteiger partial charge in [0.2, 0.25) is 0 Å². The lowest BCUT2D eigenvalue weighted by molar-refractivity contribution is -0.135. The van der Waals surface area contributed by atoms with Gasteiger partial charge in [-0.1, -0.05) is 0 Å². The van der Waals surface area contributed by atoms with E-state index in [0.29, 0.717) is 3.57 Å². The van der Waals surface area contributed by atoms with Gasteiger partial charge < -0.3 is 15.7 Å². The summed E-state index contributed by atoms with van der Waals surface area (Å²) in [5.74, 6) is -1.21. The molecule has 0 aliphatic heterocycles. The number of rotatable bonds is 5. The molecule has 0 aromatic heterocycles. The van der Waals surface area contributed by atoms with E-state index in [4.69, 9.17) is 5.11 Å². The predicted molar refractivity (Wildman–Crippen MR) is 78.4 cm³/mol. The molecule has 0 atom stereocenters.